The van der Waals surface area contributed by atoms with Crippen molar-refractivity contribution >= 4 is 21.6 Å². The molecule has 2 rings (SSSR count). The average Bonchev–Trinajstić information content (AvgIpc) is 2.42. The lowest BCUT2D eigenvalue weighted by Gasteiger charge is -2.23. The van der Waals surface area contributed by atoms with Crippen LogP contribution < -0.4 is 0 Å². The highest BCUT2D eigenvalue weighted by Gasteiger charge is 2.26. The summed E-state index contributed by atoms with van der Waals surface area (Å²) in [5.74, 6) is -0.848. The first-order valence-electron chi connectivity index (χ1n) is 5.70. The Balaban J connectivity index is 2.46. The van der Waals surface area contributed by atoms with Crippen molar-refractivity contribution in [2.24, 2.45) is 0 Å². The highest BCUT2D eigenvalue weighted by Crippen LogP contribution is 2.26. The lowest BCUT2D eigenvalue weighted by atomic mass is 10.2. The van der Waals surface area contributed by atoms with Crippen molar-refractivity contribution in [1.82, 2.24) is 4.31 Å². The number of rotatable bonds is 3. The fourth-order valence-electron chi connectivity index (χ4n) is 1.87. The van der Waals surface area contributed by atoms with E-state index in [4.69, 9.17) is 16.7 Å². The zero-order valence-corrected chi connectivity index (χ0v) is 11.6. The third-order valence-electron chi connectivity index (χ3n) is 2.91. The van der Waals surface area contributed by atoms with Gasteiger partial charge in [0.15, 0.2) is 0 Å². The smallest absolute Gasteiger partial charge is 0.243 e. The lowest BCUT2D eigenvalue weighted by molar-refractivity contribution is 0.281. The van der Waals surface area contributed by atoms with Crippen molar-refractivity contribution in [3.05, 3.63) is 40.7 Å². The van der Waals surface area contributed by atoms with Crippen LogP contribution in [-0.4, -0.2) is 30.9 Å². The molecule has 1 heterocycles. The van der Waals surface area contributed by atoms with E-state index in [9.17, 15) is 12.8 Å². The van der Waals surface area contributed by atoms with Gasteiger partial charge in [-0.3, -0.25) is 0 Å². The van der Waals surface area contributed by atoms with Crippen LogP contribution in [0, 0.1) is 5.82 Å². The summed E-state index contributed by atoms with van der Waals surface area (Å²) >= 11 is 5.65. The van der Waals surface area contributed by atoms with Crippen molar-refractivity contribution in [1.29, 1.82) is 0 Å². The third kappa shape index (κ3) is 2.81. The summed E-state index contributed by atoms with van der Waals surface area (Å²) in [4.78, 5) is -0.186. The number of nitrogens with zero attached hydrogens (tertiary/aromatic N) is 1. The van der Waals surface area contributed by atoms with Gasteiger partial charge < -0.3 is 5.11 Å². The summed E-state index contributed by atoms with van der Waals surface area (Å²) in [6, 6.07) is 2.09. The third-order valence-corrected chi connectivity index (χ3v) is 5.17. The number of sulfonamides is 1. The Kier molecular flexibility index (Phi) is 4.25. The Morgan fingerprint density at radius 1 is 1.37 bits per heavy atom. The predicted octanol–water partition coefficient (Wildman–Crippen LogP) is 1.92. The summed E-state index contributed by atoms with van der Waals surface area (Å²) in [6.07, 6.45) is 4.27. The number of hydrogen-bond acceptors (Lipinski definition) is 3. The van der Waals surface area contributed by atoms with E-state index in [0.717, 1.165) is 6.07 Å². The van der Waals surface area contributed by atoms with Gasteiger partial charge in [-0.15, -0.1) is 0 Å². The van der Waals surface area contributed by atoms with E-state index in [-0.39, 0.29) is 22.0 Å². The second kappa shape index (κ2) is 5.58. The molecule has 4 nitrogen and oxygen atoms in total. The van der Waals surface area contributed by atoms with Gasteiger partial charge >= 0.3 is 0 Å². The maximum atomic E-state index is 13.6. The lowest BCUT2D eigenvalue weighted by Crippen LogP contribution is -2.33. The Morgan fingerprint density at radius 2 is 2.11 bits per heavy atom. The first kappa shape index (κ1) is 14.5. The van der Waals surface area contributed by atoms with Gasteiger partial charge in [0.05, 0.1) is 16.5 Å². The van der Waals surface area contributed by atoms with Crippen molar-refractivity contribution in [3.63, 3.8) is 0 Å². The largest absolute Gasteiger partial charge is 0.392 e. The molecule has 0 atom stereocenters. The van der Waals surface area contributed by atoms with Crippen LogP contribution in [0.25, 0.3) is 0 Å². The van der Waals surface area contributed by atoms with E-state index < -0.39 is 22.4 Å². The van der Waals surface area contributed by atoms with Crippen LogP contribution in [0.5, 0.6) is 0 Å². The van der Waals surface area contributed by atoms with E-state index in [1.54, 1.807) is 6.08 Å². The molecule has 0 unspecified atom stereocenters. The first-order chi connectivity index (χ1) is 8.96. The molecular weight excluding hydrogens is 293 g/mol. The monoisotopic (exact) mass is 305 g/mol. The Hall–Kier alpha value is -0.950. The van der Waals surface area contributed by atoms with Crippen LogP contribution in [0.15, 0.2) is 29.2 Å². The molecule has 0 fully saturated rings. The molecule has 1 N–H and O–H groups in total. The Labute approximate surface area is 116 Å². The molecule has 0 spiro atoms. The summed E-state index contributed by atoms with van der Waals surface area (Å²) in [6.45, 7) is 0.109. The van der Waals surface area contributed by atoms with Gasteiger partial charge in [-0.05, 0) is 18.6 Å². The minimum absolute atomic E-state index is 0.0628. The van der Waals surface area contributed by atoms with Crippen LogP contribution in [0.3, 0.4) is 0 Å². The standard InChI is InChI=1S/C12H13ClFNO3S/c13-12-9(8-16)6-10(7-11(12)14)19(17,18)15-4-2-1-3-5-15/h1-2,6-7,16H,3-5,8H2. The molecule has 0 aromatic heterocycles. The maximum absolute atomic E-state index is 13.6. The molecule has 0 saturated carbocycles. The first-order valence-corrected chi connectivity index (χ1v) is 7.52. The van der Waals surface area contributed by atoms with Crippen LogP contribution >= 0.6 is 11.6 Å². The fraction of sp³-hybridized carbons (Fsp3) is 0.333. The average molecular weight is 306 g/mol. The van der Waals surface area contributed by atoms with Crippen molar-refractivity contribution in [2.45, 2.75) is 17.9 Å². The van der Waals surface area contributed by atoms with Gasteiger partial charge in [0, 0.05) is 18.7 Å². The maximum Gasteiger partial charge on any atom is 0.243 e. The van der Waals surface area contributed by atoms with Gasteiger partial charge in [-0.25, -0.2) is 12.8 Å². The number of aliphatic hydroxyl groups excluding tert-OH is 1. The van der Waals surface area contributed by atoms with E-state index in [1.807, 2.05) is 6.08 Å². The summed E-state index contributed by atoms with van der Waals surface area (Å²) < 4.78 is 39.5. The number of aliphatic hydroxyl groups is 1. The van der Waals surface area contributed by atoms with Gasteiger partial charge in [-0.1, -0.05) is 23.8 Å². The van der Waals surface area contributed by atoms with E-state index in [0.29, 0.717) is 13.0 Å². The molecule has 0 radical (unpaired) electrons. The molecule has 19 heavy (non-hydrogen) atoms. The Morgan fingerprint density at radius 3 is 2.68 bits per heavy atom. The number of hydrogen-bond donors (Lipinski definition) is 1. The van der Waals surface area contributed by atoms with Gasteiger partial charge in [0.2, 0.25) is 10.0 Å². The van der Waals surface area contributed by atoms with Crippen molar-refractivity contribution in [2.75, 3.05) is 13.1 Å². The minimum atomic E-state index is -3.76. The molecule has 7 heteroatoms. The zero-order chi connectivity index (χ0) is 14.0. The molecule has 1 aliphatic heterocycles. The van der Waals surface area contributed by atoms with Crippen LogP contribution in [0.2, 0.25) is 5.02 Å². The quantitative estimate of drug-likeness (QED) is 0.868. The van der Waals surface area contributed by atoms with Crippen LogP contribution in [0.4, 0.5) is 4.39 Å². The highest BCUT2D eigenvalue weighted by atomic mass is 35.5. The second-order valence-corrected chi connectivity index (χ2v) is 6.48. The molecule has 0 bridgehead atoms. The highest BCUT2D eigenvalue weighted by molar-refractivity contribution is 7.89. The van der Waals surface area contributed by atoms with Gasteiger partial charge in [0.25, 0.3) is 0 Å². The predicted molar refractivity (Wildman–Crippen MR) is 69.8 cm³/mol. The molecule has 1 aromatic rings. The minimum Gasteiger partial charge on any atom is -0.392 e. The summed E-state index contributed by atoms with van der Waals surface area (Å²) in [7, 11) is -3.76. The van der Waals surface area contributed by atoms with Crippen LogP contribution in [0.1, 0.15) is 12.0 Å². The zero-order valence-electron chi connectivity index (χ0n) is 10.0. The number of benzene rings is 1. The van der Waals surface area contributed by atoms with E-state index in [1.165, 1.54) is 10.4 Å². The molecule has 0 saturated heterocycles. The molecular formula is C12H13ClFNO3S. The molecule has 1 aliphatic rings. The molecule has 0 amide bonds. The fourth-order valence-corrected chi connectivity index (χ4v) is 3.51. The van der Waals surface area contributed by atoms with Crippen molar-refractivity contribution in [3.8, 4) is 0 Å². The number of halogens is 2. The summed E-state index contributed by atoms with van der Waals surface area (Å²) in [5, 5.41) is 8.82. The normalized spacial score (nSPS) is 16.8. The summed E-state index contributed by atoms with van der Waals surface area (Å²) in [5.41, 5.74) is 0.0628. The molecule has 104 valence electrons. The van der Waals surface area contributed by atoms with E-state index >= 15 is 0 Å². The molecule has 0 aliphatic carbocycles. The van der Waals surface area contributed by atoms with Crippen molar-refractivity contribution < 1.29 is 17.9 Å². The Bertz CT molecular complexity index is 616. The SMILES string of the molecule is O=S(=O)(c1cc(F)c(Cl)c(CO)c1)N1CC=CCC1. The van der Waals surface area contributed by atoms with Gasteiger partial charge in [-0.2, -0.15) is 4.31 Å². The second-order valence-electron chi connectivity index (χ2n) is 4.16. The topological polar surface area (TPSA) is 57.6 Å². The van der Waals surface area contributed by atoms with Crippen LogP contribution in [-0.2, 0) is 16.6 Å². The molecule has 1 aromatic carbocycles. The van der Waals surface area contributed by atoms with Gasteiger partial charge in [0.1, 0.15) is 5.82 Å². The van der Waals surface area contributed by atoms with E-state index in [2.05, 4.69) is 0 Å².